The molecule has 5 nitrogen and oxygen atoms in total. The Hall–Kier alpha value is -1.08. The van der Waals surface area contributed by atoms with E-state index in [2.05, 4.69) is 20.7 Å². The third-order valence-electron chi connectivity index (χ3n) is 2.13. The second kappa shape index (κ2) is 6.75. The maximum atomic E-state index is 11.1. The van der Waals surface area contributed by atoms with E-state index in [1.54, 1.807) is 12.1 Å². The monoisotopic (exact) mass is 333 g/mol. The molecule has 1 aromatic rings. The number of halogens is 1. The van der Waals surface area contributed by atoms with Crippen LogP contribution in [-0.2, 0) is 9.53 Å². The van der Waals surface area contributed by atoms with Crippen LogP contribution in [0.15, 0.2) is 27.6 Å². The average molecular weight is 334 g/mol. The molecule has 0 aliphatic rings. The number of methoxy groups -OCH3 is 1. The Morgan fingerprint density at radius 3 is 2.83 bits per heavy atom. The Balaban J connectivity index is 2.84. The summed E-state index contributed by atoms with van der Waals surface area (Å²) < 4.78 is 5.21. The number of carbonyl (C=O) groups excluding carboxylic acids is 1. The minimum atomic E-state index is -0.433. The summed E-state index contributed by atoms with van der Waals surface area (Å²) >= 11 is 4.48. The third kappa shape index (κ3) is 4.30. The van der Waals surface area contributed by atoms with Crippen LogP contribution in [0.1, 0.15) is 13.3 Å². The number of nitrogens with zero attached hydrogens (tertiary/aromatic N) is 1. The largest absolute Gasteiger partial charge is 0.469 e. The zero-order chi connectivity index (χ0) is 13.7. The van der Waals surface area contributed by atoms with E-state index in [4.69, 9.17) is 0 Å². The van der Waals surface area contributed by atoms with Crippen LogP contribution < -0.4 is 0 Å². The maximum absolute atomic E-state index is 11.1. The van der Waals surface area contributed by atoms with Crippen molar-refractivity contribution in [1.29, 1.82) is 0 Å². The second-order valence-electron chi connectivity index (χ2n) is 3.58. The summed E-state index contributed by atoms with van der Waals surface area (Å²) in [6.45, 7) is 1.83. The first-order valence-electron chi connectivity index (χ1n) is 5.11. The lowest BCUT2D eigenvalue weighted by atomic mass is 10.3. The van der Waals surface area contributed by atoms with Gasteiger partial charge in [-0.05, 0) is 12.1 Å². The summed E-state index contributed by atoms with van der Waals surface area (Å²) in [6, 6.07) is 4.86. The predicted octanol–water partition coefficient (Wildman–Crippen LogP) is 3.40. The number of nitro benzene ring substituents is 1. The molecule has 0 saturated carbocycles. The Morgan fingerprint density at radius 2 is 2.28 bits per heavy atom. The quantitative estimate of drug-likeness (QED) is 0.357. The molecular weight excluding hydrogens is 322 g/mol. The lowest BCUT2D eigenvalue weighted by Gasteiger charge is -2.10. The van der Waals surface area contributed by atoms with Crippen LogP contribution in [0.5, 0.6) is 0 Å². The second-order valence-corrected chi connectivity index (χ2v) is 5.97. The number of ether oxygens (including phenoxy) is 1. The molecule has 0 aromatic heterocycles. The summed E-state index contributed by atoms with van der Waals surface area (Å²) in [4.78, 5) is 22.1. The number of benzene rings is 1. The van der Waals surface area contributed by atoms with Gasteiger partial charge in [-0.25, -0.2) is 0 Å². The first-order valence-corrected chi connectivity index (χ1v) is 6.78. The normalized spacial score (nSPS) is 11.9. The smallest absolute Gasteiger partial charge is 0.306 e. The molecule has 1 aromatic carbocycles. The number of hydrogen-bond acceptors (Lipinski definition) is 5. The van der Waals surface area contributed by atoms with Crippen molar-refractivity contribution in [2.75, 3.05) is 7.11 Å². The summed E-state index contributed by atoms with van der Waals surface area (Å²) in [6.07, 6.45) is 0.217. The van der Waals surface area contributed by atoms with E-state index in [0.717, 1.165) is 0 Å². The fourth-order valence-corrected chi connectivity index (χ4v) is 2.71. The number of nitro groups is 1. The molecule has 1 unspecified atom stereocenters. The van der Waals surface area contributed by atoms with Gasteiger partial charge in [0.25, 0.3) is 5.69 Å². The molecule has 0 radical (unpaired) electrons. The number of carbonyl (C=O) groups is 1. The Bertz CT molecular complexity index is 466. The van der Waals surface area contributed by atoms with Gasteiger partial charge in [-0.15, -0.1) is 11.8 Å². The molecule has 1 atom stereocenters. The predicted molar refractivity (Wildman–Crippen MR) is 72.7 cm³/mol. The lowest BCUT2D eigenvalue weighted by Crippen LogP contribution is -2.08. The van der Waals surface area contributed by atoms with Crippen molar-refractivity contribution < 1.29 is 14.5 Å². The summed E-state index contributed by atoms with van der Waals surface area (Å²) in [5, 5.41) is 10.8. The zero-order valence-electron chi connectivity index (χ0n) is 9.88. The molecule has 0 aliphatic carbocycles. The van der Waals surface area contributed by atoms with Crippen molar-refractivity contribution in [1.82, 2.24) is 0 Å². The van der Waals surface area contributed by atoms with Gasteiger partial charge in [0, 0.05) is 15.8 Å². The highest BCUT2D eigenvalue weighted by Crippen LogP contribution is 2.35. The van der Waals surface area contributed by atoms with E-state index < -0.39 is 4.92 Å². The van der Waals surface area contributed by atoms with Crippen LogP contribution in [0, 0.1) is 10.1 Å². The number of rotatable bonds is 5. The van der Waals surface area contributed by atoms with Gasteiger partial charge in [0.15, 0.2) is 0 Å². The van der Waals surface area contributed by atoms with E-state index in [-0.39, 0.29) is 23.3 Å². The van der Waals surface area contributed by atoms with Gasteiger partial charge in [0.1, 0.15) is 0 Å². The van der Waals surface area contributed by atoms with E-state index >= 15 is 0 Å². The van der Waals surface area contributed by atoms with Crippen LogP contribution >= 0.6 is 27.7 Å². The summed E-state index contributed by atoms with van der Waals surface area (Å²) in [5.41, 5.74) is 0.0334. The molecule has 18 heavy (non-hydrogen) atoms. The summed E-state index contributed by atoms with van der Waals surface area (Å²) in [5.74, 6) is -0.324. The molecule has 0 aliphatic heterocycles. The van der Waals surface area contributed by atoms with Gasteiger partial charge in [-0.2, -0.15) is 0 Å². The van der Waals surface area contributed by atoms with Crippen molar-refractivity contribution in [3.8, 4) is 0 Å². The highest BCUT2D eigenvalue weighted by Gasteiger charge is 2.18. The van der Waals surface area contributed by atoms with Crippen LogP contribution in [0.4, 0.5) is 5.69 Å². The zero-order valence-corrected chi connectivity index (χ0v) is 12.3. The average Bonchev–Trinajstić information content (AvgIpc) is 2.30. The minimum Gasteiger partial charge on any atom is -0.469 e. The van der Waals surface area contributed by atoms with Gasteiger partial charge in [-0.3, -0.25) is 14.9 Å². The Morgan fingerprint density at radius 1 is 1.61 bits per heavy atom. The van der Waals surface area contributed by atoms with Crippen molar-refractivity contribution in [2.45, 2.75) is 23.5 Å². The summed E-state index contributed by atoms with van der Waals surface area (Å²) in [7, 11) is 1.32. The molecule has 7 heteroatoms. The third-order valence-corrected chi connectivity index (χ3v) is 3.79. The first kappa shape index (κ1) is 15.0. The molecule has 0 N–H and O–H groups in total. The van der Waals surface area contributed by atoms with E-state index in [0.29, 0.717) is 9.37 Å². The lowest BCUT2D eigenvalue weighted by molar-refractivity contribution is -0.387. The molecule has 0 bridgehead atoms. The van der Waals surface area contributed by atoms with Gasteiger partial charge < -0.3 is 4.74 Å². The van der Waals surface area contributed by atoms with E-state index in [1.807, 2.05) is 6.92 Å². The van der Waals surface area contributed by atoms with E-state index in [1.165, 1.54) is 24.9 Å². The molecule has 0 heterocycles. The fraction of sp³-hybridized carbons (Fsp3) is 0.364. The van der Waals surface area contributed by atoms with Gasteiger partial charge in [0.05, 0.1) is 23.3 Å². The van der Waals surface area contributed by atoms with Gasteiger partial charge in [0.2, 0.25) is 0 Å². The number of thioether (sulfide) groups is 1. The SMILES string of the molecule is COC(=O)CC(C)Sc1ccc(Br)cc1[N+](=O)[O-]. The van der Waals surface area contributed by atoms with Gasteiger partial charge in [-0.1, -0.05) is 22.9 Å². The molecular formula is C11H12BrNO4S. The van der Waals surface area contributed by atoms with Crippen LogP contribution in [0.25, 0.3) is 0 Å². The first-order chi connectivity index (χ1) is 8.43. The Labute approximate surface area is 117 Å². The molecule has 0 spiro atoms. The van der Waals surface area contributed by atoms with Crippen molar-refractivity contribution in [3.05, 3.63) is 32.8 Å². The highest BCUT2D eigenvalue weighted by molar-refractivity contribution is 9.10. The van der Waals surface area contributed by atoms with E-state index in [9.17, 15) is 14.9 Å². The van der Waals surface area contributed by atoms with Gasteiger partial charge >= 0.3 is 5.97 Å². The highest BCUT2D eigenvalue weighted by atomic mass is 79.9. The standard InChI is InChI=1S/C11H12BrNO4S/c1-7(5-11(14)17-2)18-10-4-3-8(12)6-9(10)13(15)16/h3-4,6-7H,5H2,1-2H3. The molecule has 98 valence electrons. The van der Waals surface area contributed by atoms with Crippen LogP contribution in [0.2, 0.25) is 0 Å². The van der Waals surface area contributed by atoms with Crippen LogP contribution in [0.3, 0.4) is 0 Å². The van der Waals surface area contributed by atoms with Crippen LogP contribution in [-0.4, -0.2) is 23.3 Å². The Kier molecular flexibility index (Phi) is 5.61. The molecule has 1 rings (SSSR count). The molecule has 0 fully saturated rings. The van der Waals surface area contributed by atoms with Crippen molar-refractivity contribution >= 4 is 39.3 Å². The molecule has 0 saturated heterocycles. The van der Waals surface area contributed by atoms with Crippen molar-refractivity contribution in [2.24, 2.45) is 0 Å². The maximum Gasteiger partial charge on any atom is 0.306 e. The van der Waals surface area contributed by atoms with Crippen molar-refractivity contribution in [3.63, 3.8) is 0 Å². The molecule has 0 amide bonds. The number of hydrogen-bond donors (Lipinski definition) is 0. The fourth-order valence-electron chi connectivity index (χ4n) is 1.31. The topological polar surface area (TPSA) is 69.4 Å². The number of esters is 1. The minimum absolute atomic E-state index is 0.0334.